The van der Waals surface area contributed by atoms with E-state index in [4.69, 9.17) is 5.73 Å². The molecular formula is C15H19ClF2N2O3S. The maximum Gasteiger partial charge on any atom is 0.244 e. The highest BCUT2D eigenvalue weighted by Gasteiger charge is 2.49. The molecule has 0 bridgehead atoms. The van der Waals surface area contributed by atoms with Crippen LogP contribution in [-0.2, 0) is 20.0 Å². The van der Waals surface area contributed by atoms with Crippen LogP contribution in [0.4, 0.5) is 14.5 Å². The van der Waals surface area contributed by atoms with Crippen LogP contribution in [-0.4, -0.2) is 38.9 Å². The summed E-state index contributed by atoms with van der Waals surface area (Å²) in [7, 11) is -3.31. The third-order valence-corrected chi connectivity index (χ3v) is 5.64. The minimum Gasteiger partial charge on any atom is -0.320 e. The molecule has 134 valence electrons. The number of benzene rings is 1. The van der Waals surface area contributed by atoms with Crippen LogP contribution in [0.1, 0.15) is 24.8 Å². The van der Waals surface area contributed by atoms with Gasteiger partial charge in [-0.2, -0.15) is 0 Å². The zero-order chi connectivity index (χ0) is 17.0. The van der Waals surface area contributed by atoms with Gasteiger partial charge in [0.25, 0.3) is 0 Å². The van der Waals surface area contributed by atoms with E-state index in [0.29, 0.717) is 19.3 Å². The number of sulfone groups is 1. The van der Waals surface area contributed by atoms with Crippen LogP contribution in [0.15, 0.2) is 12.1 Å². The summed E-state index contributed by atoms with van der Waals surface area (Å²) in [5.41, 5.74) is 4.68. The van der Waals surface area contributed by atoms with Crippen molar-refractivity contribution < 1.29 is 22.0 Å². The second-order valence-electron chi connectivity index (χ2n) is 6.50. The summed E-state index contributed by atoms with van der Waals surface area (Å²) in [6, 6.07) is 2.03. The van der Waals surface area contributed by atoms with Crippen LogP contribution in [0.5, 0.6) is 0 Å². The van der Waals surface area contributed by atoms with Gasteiger partial charge in [-0.1, -0.05) is 6.07 Å². The Morgan fingerprint density at radius 2 is 1.92 bits per heavy atom. The molecule has 9 heteroatoms. The lowest BCUT2D eigenvalue weighted by Gasteiger charge is -2.21. The Labute approximate surface area is 145 Å². The molecule has 3 rings (SSSR count). The maximum absolute atomic E-state index is 14.5. The van der Waals surface area contributed by atoms with Crippen LogP contribution >= 0.6 is 12.4 Å². The molecule has 2 fully saturated rings. The van der Waals surface area contributed by atoms with Crippen molar-refractivity contribution in [3.63, 3.8) is 0 Å². The largest absolute Gasteiger partial charge is 0.320 e. The molecule has 0 radical (unpaired) electrons. The molecular weight excluding hydrogens is 362 g/mol. The van der Waals surface area contributed by atoms with Crippen molar-refractivity contribution in [1.29, 1.82) is 0 Å². The minimum atomic E-state index is -3.31. The minimum absolute atomic E-state index is 0. The van der Waals surface area contributed by atoms with Gasteiger partial charge >= 0.3 is 0 Å². The van der Waals surface area contributed by atoms with Gasteiger partial charge in [0.05, 0.1) is 17.5 Å². The van der Waals surface area contributed by atoms with Crippen molar-refractivity contribution in [3.8, 4) is 0 Å². The lowest BCUT2D eigenvalue weighted by Crippen LogP contribution is -2.34. The second kappa shape index (κ2) is 6.24. The first kappa shape index (κ1) is 19.1. The Balaban J connectivity index is 0.00000208. The molecule has 0 unspecified atom stereocenters. The maximum atomic E-state index is 14.5. The highest BCUT2D eigenvalue weighted by molar-refractivity contribution is 7.90. The second-order valence-corrected chi connectivity index (χ2v) is 8.64. The highest BCUT2D eigenvalue weighted by Crippen LogP contribution is 2.50. The van der Waals surface area contributed by atoms with Gasteiger partial charge in [0, 0.05) is 18.2 Å². The molecule has 2 aliphatic rings. The number of amides is 1. The van der Waals surface area contributed by atoms with Crippen LogP contribution in [0.25, 0.3) is 0 Å². The van der Waals surface area contributed by atoms with E-state index >= 15 is 0 Å². The van der Waals surface area contributed by atoms with Gasteiger partial charge in [-0.15, -0.1) is 12.4 Å². The van der Waals surface area contributed by atoms with Gasteiger partial charge in [-0.05, 0) is 30.9 Å². The topological polar surface area (TPSA) is 80.5 Å². The molecule has 1 aromatic rings. The van der Waals surface area contributed by atoms with E-state index in [0.717, 1.165) is 11.2 Å². The van der Waals surface area contributed by atoms with E-state index in [-0.39, 0.29) is 36.0 Å². The van der Waals surface area contributed by atoms with Crippen molar-refractivity contribution >= 4 is 33.8 Å². The molecule has 1 heterocycles. The standard InChI is InChI=1S/C15H18F2N2O3S.ClH/c1-23(21,22)8-15(5-6-15)9-2-3-11(13(17)12(9)16)19-7-4-10(18)14(19)20;/h2-3,10H,4-8,18H2,1H3;1H/t10-;/m1./s1. The van der Waals surface area contributed by atoms with Gasteiger partial charge in [-0.25, -0.2) is 17.2 Å². The van der Waals surface area contributed by atoms with Crippen LogP contribution in [0, 0.1) is 11.6 Å². The zero-order valence-electron chi connectivity index (χ0n) is 13.1. The summed E-state index contributed by atoms with van der Waals surface area (Å²) in [5, 5.41) is 0. The molecule has 2 N–H and O–H groups in total. The first-order valence-corrected chi connectivity index (χ1v) is 9.44. The molecule has 0 aromatic heterocycles. The van der Waals surface area contributed by atoms with E-state index in [2.05, 4.69) is 0 Å². The molecule has 24 heavy (non-hydrogen) atoms. The SMILES string of the molecule is CS(=O)(=O)CC1(c2ccc(N3CC[C@@H](N)C3=O)c(F)c2F)CC1.Cl. The molecule has 1 amide bonds. The van der Waals surface area contributed by atoms with Gasteiger partial charge < -0.3 is 10.6 Å². The van der Waals surface area contributed by atoms with Gasteiger partial charge in [0.2, 0.25) is 5.91 Å². The third kappa shape index (κ3) is 3.27. The van der Waals surface area contributed by atoms with Crippen molar-refractivity contribution in [2.45, 2.75) is 30.7 Å². The number of carbonyl (C=O) groups is 1. The number of hydrogen-bond acceptors (Lipinski definition) is 4. The Morgan fingerprint density at radius 1 is 1.29 bits per heavy atom. The van der Waals surface area contributed by atoms with E-state index in [1.807, 2.05) is 0 Å². The Kier molecular flexibility index (Phi) is 4.96. The number of nitrogens with two attached hydrogens (primary N) is 1. The molecule has 5 nitrogen and oxygen atoms in total. The number of nitrogens with zero attached hydrogens (tertiary/aromatic N) is 1. The first-order chi connectivity index (χ1) is 10.6. The quantitative estimate of drug-likeness (QED) is 0.858. The molecule has 1 atom stereocenters. The zero-order valence-corrected chi connectivity index (χ0v) is 14.7. The first-order valence-electron chi connectivity index (χ1n) is 7.38. The number of hydrogen-bond donors (Lipinski definition) is 1. The van der Waals surface area contributed by atoms with Crippen molar-refractivity contribution in [1.82, 2.24) is 0 Å². The van der Waals surface area contributed by atoms with Gasteiger partial charge in [0.1, 0.15) is 9.84 Å². The van der Waals surface area contributed by atoms with Crippen molar-refractivity contribution in [2.24, 2.45) is 5.73 Å². The fourth-order valence-corrected chi connectivity index (χ4v) is 4.69. The summed E-state index contributed by atoms with van der Waals surface area (Å²) in [4.78, 5) is 13.0. The van der Waals surface area contributed by atoms with E-state index < -0.39 is 38.8 Å². The predicted octanol–water partition coefficient (Wildman–Crippen LogP) is 1.53. The summed E-state index contributed by atoms with van der Waals surface area (Å²) < 4.78 is 52.0. The fourth-order valence-electron chi connectivity index (χ4n) is 3.24. The summed E-state index contributed by atoms with van der Waals surface area (Å²) in [5.74, 6) is -2.83. The van der Waals surface area contributed by atoms with Crippen LogP contribution < -0.4 is 10.6 Å². The molecule has 1 aromatic carbocycles. The summed E-state index contributed by atoms with van der Waals surface area (Å²) in [6.07, 6.45) is 2.48. The fraction of sp³-hybridized carbons (Fsp3) is 0.533. The Bertz CT molecular complexity index is 781. The monoisotopic (exact) mass is 380 g/mol. The highest BCUT2D eigenvalue weighted by atomic mass is 35.5. The van der Waals surface area contributed by atoms with Crippen LogP contribution in [0.3, 0.4) is 0 Å². The Morgan fingerprint density at radius 3 is 2.38 bits per heavy atom. The molecule has 1 saturated carbocycles. The number of carbonyl (C=O) groups excluding carboxylic acids is 1. The van der Waals surface area contributed by atoms with Crippen LogP contribution in [0.2, 0.25) is 0 Å². The average Bonchev–Trinajstić information content (AvgIpc) is 3.13. The van der Waals surface area contributed by atoms with Gasteiger partial charge in [-0.3, -0.25) is 4.79 Å². The average molecular weight is 381 g/mol. The van der Waals surface area contributed by atoms with Crippen molar-refractivity contribution in [3.05, 3.63) is 29.3 Å². The number of halogens is 3. The smallest absolute Gasteiger partial charge is 0.244 e. The molecule has 1 aliphatic carbocycles. The number of anilines is 1. The Hall–Kier alpha value is -1.25. The molecule has 1 saturated heterocycles. The van der Waals surface area contributed by atoms with Crippen molar-refractivity contribution in [2.75, 3.05) is 23.5 Å². The lowest BCUT2D eigenvalue weighted by atomic mass is 9.96. The third-order valence-electron chi connectivity index (χ3n) is 4.56. The summed E-state index contributed by atoms with van der Waals surface area (Å²) >= 11 is 0. The van der Waals surface area contributed by atoms with E-state index in [9.17, 15) is 22.0 Å². The number of rotatable bonds is 4. The molecule has 1 aliphatic heterocycles. The normalized spacial score (nSPS) is 22.4. The van der Waals surface area contributed by atoms with Gasteiger partial charge in [0.15, 0.2) is 11.6 Å². The summed E-state index contributed by atoms with van der Waals surface area (Å²) in [6.45, 7) is 0.240. The lowest BCUT2D eigenvalue weighted by molar-refractivity contribution is -0.118. The van der Waals surface area contributed by atoms with E-state index in [1.54, 1.807) is 0 Å². The molecule has 0 spiro atoms. The van der Waals surface area contributed by atoms with E-state index in [1.165, 1.54) is 12.1 Å². The predicted molar refractivity (Wildman–Crippen MR) is 89.2 cm³/mol.